The van der Waals surface area contributed by atoms with Gasteiger partial charge in [0.15, 0.2) is 17.5 Å². The summed E-state index contributed by atoms with van der Waals surface area (Å²) in [4.78, 5) is 14.6. The fraction of sp³-hybridized carbons (Fsp3) is 0. The maximum absolute atomic E-state index is 9.94. The van der Waals surface area contributed by atoms with Gasteiger partial charge >= 0.3 is 0 Å². The zero-order valence-corrected chi connectivity index (χ0v) is 28.9. The molecular formula is C51H32N4O. The quantitative estimate of drug-likeness (QED) is 0.171. The molecule has 0 radical (unpaired) electrons. The van der Waals surface area contributed by atoms with Crippen LogP contribution in [0.15, 0.2) is 198 Å². The van der Waals surface area contributed by atoms with E-state index in [2.05, 4.69) is 0 Å². The van der Waals surface area contributed by atoms with E-state index < -0.39 is 125 Å². The van der Waals surface area contributed by atoms with Crippen LogP contribution < -0.4 is 0 Å². The molecule has 0 amide bonds. The minimum atomic E-state index is -0.879. The number of nitrogens with zero attached hydrogens (tertiary/aromatic N) is 4. The van der Waals surface area contributed by atoms with Crippen LogP contribution in [0.4, 0.5) is 0 Å². The average molecular weight is 733 g/mol. The highest BCUT2D eigenvalue weighted by atomic mass is 16.3. The fourth-order valence-electron chi connectivity index (χ4n) is 6.87. The van der Waals surface area contributed by atoms with E-state index in [0.29, 0.717) is 22.3 Å². The average Bonchev–Trinajstić information content (AvgIpc) is 3.96. The van der Waals surface area contributed by atoms with Crippen molar-refractivity contribution in [2.24, 2.45) is 0 Å². The maximum atomic E-state index is 9.94. The summed E-state index contributed by atoms with van der Waals surface area (Å²) in [6.07, 6.45) is 0. The van der Waals surface area contributed by atoms with Crippen LogP contribution in [0.25, 0.3) is 106 Å². The molecule has 5 nitrogen and oxygen atoms in total. The Hall–Kier alpha value is -7.63. The molecule has 0 fully saturated rings. The number of rotatable bonds is 6. The summed E-state index contributed by atoms with van der Waals surface area (Å²) in [6, 6.07) is 17.7. The smallest absolute Gasteiger partial charge is 0.167 e. The number of aromatic nitrogens is 4. The van der Waals surface area contributed by atoms with E-state index in [1.165, 1.54) is 0 Å². The van der Waals surface area contributed by atoms with Gasteiger partial charge in [0, 0.05) is 38.4 Å². The molecule has 3 aromatic heterocycles. The van der Waals surface area contributed by atoms with Crippen molar-refractivity contribution in [1.82, 2.24) is 19.5 Å². The third-order valence-corrected chi connectivity index (χ3v) is 9.50. The SMILES string of the molecule is [2H]c1c([2H])c([2H])c(-c2c([2H])c([2H])c(-n3c4c([2H])c([2H])c([2H])c([2H])c4c4c([2H])c(-c5nc(-c6ccc(-c7ccccc7)cc6)nc(-c6cccc7c6oc6ccccc67)n5)c([2H])c([2H])c43)c([2H])c2[2H])c([2H])c1[2H]. The van der Waals surface area contributed by atoms with Gasteiger partial charge in [0.25, 0.3) is 0 Å². The molecule has 0 aliphatic carbocycles. The largest absolute Gasteiger partial charge is 0.455 e. The Bertz CT molecular complexity index is 4120. The summed E-state index contributed by atoms with van der Waals surface area (Å²) in [7, 11) is 0. The van der Waals surface area contributed by atoms with Gasteiger partial charge in [-0.2, -0.15) is 0 Å². The molecule has 11 rings (SSSR count). The van der Waals surface area contributed by atoms with Gasteiger partial charge in [-0.1, -0.05) is 145 Å². The van der Waals surface area contributed by atoms with Crippen LogP contribution in [-0.4, -0.2) is 19.5 Å². The van der Waals surface area contributed by atoms with Gasteiger partial charge in [-0.15, -0.1) is 0 Å². The molecule has 11 aromatic rings. The van der Waals surface area contributed by atoms with Crippen LogP contribution >= 0.6 is 0 Å². The second kappa shape index (κ2) is 13.0. The van der Waals surface area contributed by atoms with Crippen molar-refractivity contribution in [2.45, 2.75) is 0 Å². The zero-order valence-electron chi connectivity index (χ0n) is 44.9. The van der Waals surface area contributed by atoms with Gasteiger partial charge in [-0.25, -0.2) is 15.0 Å². The van der Waals surface area contributed by atoms with Gasteiger partial charge in [0.1, 0.15) is 11.2 Å². The molecule has 0 N–H and O–H groups in total. The Morgan fingerprint density at radius 1 is 0.411 bits per heavy atom. The molecular weight excluding hydrogens is 685 g/mol. The lowest BCUT2D eigenvalue weighted by atomic mass is 10.0. The van der Waals surface area contributed by atoms with Crippen molar-refractivity contribution in [3.63, 3.8) is 0 Å². The highest BCUT2D eigenvalue weighted by molar-refractivity contribution is 6.11. The first kappa shape index (κ1) is 19.6. The van der Waals surface area contributed by atoms with Crippen molar-refractivity contribution in [1.29, 1.82) is 0 Å². The molecule has 0 saturated carbocycles. The molecule has 8 aromatic carbocycles. The molecule has 0 saturated heterocycles. The number of para-hydroxylation sites is 3. The van der Waals surface area contributed by atoms with Crippen LogP contribution in [-0.2, 0) is 0 Å². The molecule has 3 heterocycles. The summed E-state index contributed by atoms with van der Waals surface area (Å²) >= 11 is 0. The number of fused-ring (bicyclic) bond motifs is 6. The monoisotopic (exact) mass is 732 g/mol. The fourth-order valence-corrected chi connectivity index (χ4v) is 6.87. The van der Waals surface area contributed by atoms with E-state index >= 15 is 0 Å². The molecule has 0 spiro atoms. The molecule has 5 heteroatoms. The summed E-state index contributed by atoms with van der Waals surface area (Å²) in [5.74, 6) is -0.0700. The highest BCUT2D eigenvalue weighted by Crippen LogP contribution is 2.38. The Kier molecular flexibility index (Phi) is 4.57. The minimum Gasteiger partial charge on any atom is -0.455 e. The highest BCUT2D eigenvalue weighted by Gasteiger charge is 2.19. The molecule has 56 heavy (non-hydrogen) atoms. The number of hydrogen-bond donors (Lipinski definition) is 0. The van der Waals surface area contributed by atoms with Crippen LogP contribution in [0.3, 0.4) is 0 Å². The minimum absolute atomic E-state index is 0.0735. The van der Waals surface area contributed by atoms with E-state index in [4.69, 9.17) is 31.7 Å². The van der Waals surface area contributed by atoms with Crippen molar-refractivity contribution in [2.75, 3.05) is 0 Å². The lowest BCUT2D eigenvalue weighted by molar-refractivity contribution is 0.669. The van der Waals surface area contributed by atoms with Crippen molar-refractivity contribution in [3.05, 3.63) is 194 Å². The van der Waals surface area contributed by atoms with Crippen LogP contribution in [0.1, 0.15) is 21.9 Å². The molecule has 0 atom stereocenters. The van der Waals surface area contributed by atoms with E-state index in [1.807, 2.05) is 78.9 Å². The second-order valence-electron chi connectivity index (χ2n) is 12.8. The first-order valence-corrected chi connectivity index (χ1v) is 17.5. The number of furan rings is 1. The van der Waals surface area contributed by atoms with Crippen molar-refractivity contribution >= 4 is 43.7 Å². The van der Waals surface area contributed by atoms with E-state index in [1.54, 1.807) is 18.2 Å². The standard InChI is InChI=1S/C51H32N4O/c1-3-12-33(13-4-1)35-22-24-37(25-23-35)49-52-50(54-51(53-49)43-19-11-18-42-41-17-8-10-21-47(41)56-48(42)43)38-28-31-46-44(32-38)40-16-7-9-20-45(40)55(46)39-29-26-36(27-30-39)34-14-5-2-6-15-34/h1-32H/i2D,5D,6D,7D,9D,14D,15D,16D,20D,26D,27D,28D,29D,30D,31D,32D. The van der Waals surface area contributed by atoms with E-state index in [9.17, 15) is 9.60 Å². The molecule has 0 unspecified atom stereocenters. The van der Waals surface area contributed by atoms with Crippen LogP contribution in [0.2, 0.25) is 0 Å². The summed E-state index contributed by atoms with van der Waals surface area (Å²) in [6.45, 7) is 0. The summed E-state index contributed by atoms with van der Waals surface area (Å²) in [5, 5.41) is 0.918. The zero-order chi connectivity index (χ0) is 50.9. The molecule has 0 aliphatic rings. The van der Waals surface area contributed by atoms with Crippen molar-refractivity contribution in [3.8, 4) is 62.1 Å². The first-order chi connectivity index (χ1) is 34.4. The number of benzene rings is 8. The van der Waals surface area contributed by atoms with E-state index in [0.717, 1.165) is 26.5 Å². The lowest BCUT2D eigenvalue weighted by Crippen LogP contribution is -2.00. The van der Waals surface area contributed by atoms with Gasteiger partial charge in [-0.05, 0) is 70.6 Å². The Morgan fingerprint density at radius 2 is 1.04 bits per heavy atom. The number of hydrogen-bond acceptors (Lipinski definition) is 4. The predicted molar refractivity (Wildman–Crippen MR) is 229 cm³/mol. The Morgan fingerprint density at radius 3 is 1.88 bits per heavy atom. The summed E-state index contributed by atoms with van der Waals surface area (Å²) < 4.78 is 151. The summed E-state index contributed by atoms with van der Waals surface area (Å²) in [5.41, 5.74) is 0.716. The maximum Gasteiger partial charge on any atom is 0.167 e. The lowest BCUT2D eigenvalue weighted by Gasteiger charge is -2.11. The van der Waals surface area contributed by atoms with E-state index in [-0.39, 0.29) is 33.8 Å². The molecule has 262 valence electrons. The van der Waals surface area contributed by atoms with Crippen LogP contribution in [0.5, 0.6) is 0 Å². The van der Waals surface area contributed by atoms with Crippen LogP contribution in [0, 0.1) is 0 Å². The first-order valence-electron chi connectivity index (χ1n) is 25.5. The van der Waals surface area contributed by atoms with Crippen molar-refractivity contribution < 1.29 is 26.3 Å². The normalized spacial score (nSPS) is 15.6. The molecule has 0 aliphatic heterocycles. The topological polar surface area (TPSA) is 56.7 Å². The third-order valence-electron chi connectivity index (χ3n) is 9.50. The molecule has 0 bridgehead atoms. The van der Waals surface area contributed by atoms with Gasteiger partial charge in [0.2, 0.25) is 0 Å². The van der Waals surface area contributed by atoms with Gasteiger partial charge in [-0.3, -0.25) is 0 Å². The predicted octanol–water partition coefficient (Wildman–Crippen LogP) is 13.2. The second-order valence-corrected chi connectivity index (χ2v) is 12.8. The van der Waals surface area contributed by atoms with Gasteiger partial charge < -0.3 is 8.98 Å². The Labute approximate surface area is 345 Å². The Balaban J connectivity index is 1.22. The third kappa shape index (κ3) is 5.37. The van der Waals surface area contributed by atoms with Gasteiger partial charge in [0.05, 0.1) is 38.5 Å².